The van der Waals surface area contributed by atoms with Crippen molar-refractivity contribution in [2.45, 2.75) is 52.5 Å². The lowest BCUT2D eigenvalue weighted by Gasteiger charge is -2.13. The Hall–Kier alpha value is -1.69. The zero-order chi connectivity index (χ0) is 15.6. The summed E-state index contributed by atoms with van der Waals surface area (Å²) in [5.74, 6) is 1.43. The molecule has 0 fully saturated rings. The molecule has 1 amide bonds. The molecular formula is C15H21N3O2S. The zero-order valence-electron chi connectivity index (χ0n) is 13.1. The van der Waals surface area contributed by atoms with Crippen LogP contribution in [0.3, 0.4) is 0 Å². The number of oxazole rings is 1. The van der Waals surface area contributed by atoms with Crippen LogP contribution in [0.2, 0.25) is 0 Å². The summed E-state index contributed by atoms with van der Waals surface area (Å²) in [6.45, 7) is 10.5. The van der Waals surface area contributed by atoms with Crippen molar-refractivity contribution in [3.8, 4) is 0 Å². The molecule has 0 aromatic carbocycles. The van der Waals surface area contributed by atoms with Crippen molar-refractivity contribution < 1.29 is 9.21 Å². The molecule has 0 bridgehead atoms. The first-order chi connectivity index (χ1) is 9.79. The van der Waals surface area contributed by atoms with Crippen molar-refractivity contribution in [3.63, 3.8) is 0 Å². The number of hydrogen-bond donors (Lipinski definition) is 1. The maximum absolute atomic E-state index is 12.2. The highest BCUT2D eigenvalue weighted by Crippen LogP contribution is 2.23. The number of nitrogens with zero attached hydrogens (tertiary/aromatic N) is 2. The van der Waals surface area contributed by atoms with E-state index in [9.17, 15) is 4.79 Å². The summed E-state index contributed by atoms with van der Waals surface area (Å²) in [6, 6.07) is 0. The number of carbonyl (C=O) groups is 1. The van der Waals surface area contributed by atoms with Gasteiger partial charge in [-0.05, 0) is 5.92 Å². The van der Waals surface area contributed by atoms with E-state index in [-0.39, 0.29) is 23.8 Å². The molecule has 0 saturated heterocycles. The molecule has 1 N–H and O–H groups in total. The molecule has 0 aliphatic carbocycles. The van der Waals surface area contributed by atoms with Gasteiger partial charge in [-0.2, -0.15) is 0 Å². The molecule has 6 heteroatoms. The highest BCUT2D eigenvalue weighted by molar-refractivity contribution is 7.11. The fraction of sp³-hybridized carbons (Fsp3) is 0.533. The summed E-state index contributed by atoms with van der Waals surface area (Å²) in [7, 11) is 0. The van der Waals surface area contributed by atoms with Crippen LogP contribution in [0, 0.1) is 0 Å². The number of amides is 1. The first-order valence-corrected chi connectivity index (χ1v) is 7.83. The van der Waals surface area contributed by atoms with Crippen LogP contribution < -0.4 is 5.32 Å². The maximum atomic E-state index is 12.2. The van der Waals surface area contributed by atoms with Gasteiger partial charge >= 0.3 is 0 Å². The summed E-state index contributed by atoms with van der Waals surface area (Å²) in [4.78, 5) is 21.3. The van der Waals surface area contributed by atoms with Gasteiger partial charge in [0.15, 0.2) is 0 Å². The third kappa shape index (κ3) is 3.69. The second kappa shape index (κ2) is 5.97. The molecule has 0 radical (unpaired) electrons. The second-order valence-electron chi connectivity index (χ2n) is 6.27. The zero-order valence-corrected chi connectivity index (χ0v) is 13.9. The van der Waals surface area contributed by atoms with Crippen LogP contribution >= 0.6 is 11.3 Å². The highest BCUT2D eigenvalue weighted by atomic mass is 32.1. The smallest absolute Gasteiger partial charge is 0.263 e. The van der Waals surface area contributed by atoms with Crippen molar-refractivity contribution in [3.05, 3.63) is 33.9 Å². The summed E-state index contributed by atoms with van der Waals surface area (Å²) in [5, 5.41) is 2.84. The van der Waals surface area contributed by atoms with Crippen LogP contribution in [0.5, 0.6) is 0 Å². The highest BCUT2D eigenvalue weighted by Gasteiger charge is 2.20. The molecule has 114 valence electrons. The lowest BCUT2D eigenvalue weighted by molar-refractivity contribution is 0.0949. The Morgan fingerprint density at radius 1 is 1.38 bits per heavy atom. The minimum Gasteiger partial charge on any atom is -0.443 e. The van der Waals surface area contributed by atoms with Crippen LogP contribution in [-0.2, 0) is 12.0 Å². The molecule has 0 spiro atoms. The van der Waals surface area contributed by atoms with Crippen LogP contribution in [0.15, 0.2) is 16.1 Å². The van der Waals surface area contributed by atoms with Crippen molar-refractivity contribution in [1.82, 2.24) is 15.3 Å². The molecule has 2 heterocycles. The number of aromatic nitrogens is 2. The monoisotopic (exact) mass is 307 g/mol. The fourth-order valence-corrected chi connectivity index (χ4v) is 2.67. The molecule has 0 saturated carbocycles. The third-order valence-electron chi connectivity index (χ3n) is 3.04. The predicted molar refractivity (Wildman–Crippen MR) is 82.6 cm³/mol. The van der Waals surface area contributed by atoms with Gasteiger partial charge in [0.25, 0.3) is 5.91 Å². The number of carbonyl (C=O) groups excluding carboxylic acids is 1. The van der Waals surface area contributed by atoms with E-state index in [0.29, 0.717) is 10.8 Å². The summed E-state index contributed by atoms with van der Waals surface area (Å²) < 4.78 is 5.66. The van der Waals surface area contributed by atoms with Gasteiger partial charge in [0.05, 0.1) is 23.9 Å². The standard InChI is InChI=1S/C15H21N3O2S/c1-9(2)12-13(21-8-18-12)14(19)17-7-11-16-6-10(20-11)15(3,4)5/h6,8-9H,7H2,1-5H3,(H,17,19). The van der Waals surface area contributed by atoms with Crippen molar-refractivity contribution in [2.24, 2.45) is 0 Å². The Kier molecular flexibility index (Phi) is 4.46. The molecule has 2 aromatic heterocycles. The number of rotatable bonds is 4. The first kappa shape index (κ1) is 15.7. The van der Waals surface area contributed by atoms with E-state index in [0.717, 1.165) is 11.5 Å². The maximum Gasteiger partial charge on any atom is 0.263 e. The average Bonchev–Trinajstić information content (AvgIpc) is 3.04. The van der Waals surface area contributed by atoms with Gasteiger partial charge in [-0.25, -0.2) is 9.97 Å². The van der Waals surface area contributed by atoms with E-state index in [2.05, 4.69) is 36.1 Å². The molecule has 0 aliphatic rings. The Morgan fingerprint density at radius 2 is 2.10 bits per heavy atom. The molecular weight excluding hydrogens is 286 g/mol. The van der Waals surface area contributed by atoms with E-state index < -0.39 is 0 Å². The minimum absolute atomic E-state index is 0.0856. The third-order valence-corrected chi connectivity index (χ3v) is 3.88. The van der Waals surface area contributed by atoms with E-state index in [1.54, 1.807) is 11.7 Å². The van der Waals surface area contributed by atoms with E-state index in [1.807, 2.05) is 13.8 Å². The molecule has 2 aromatic rings. The van der Waals surface area contributed by atoms with E-state index >= 15 is 0 Å². The first-order valence-electron chi connectivity index (χ1n) is 6.95. The van der Waals surface area contributed by atoms with Gasteiger partial charge in [-0.15, -0.1) is 11.3 Å². The van der Waals surface area contributed by atoms with Gasteiger partial charge in [-0.1, -0.05) is 34.6 Å². The summed E-state index contributed by atoms with van der Waals surface area (Å²) in [5.41, 5.74) is 2.45. The van der Waals surface area contributed by atoms with Crippen LogP contribution in [0.4, 0.5) is 0 Å². The van der Waals surface area contributed by atoms with Crippen molar-refractivity contribution >= 4 is 17.2 Å². The Labute approximate surface area is 128 Å². The average molecular weight is 307 g/mol. The fourth-order valence-electron chi connectivity index (χ4n) is 1.81. The normalized spacial score (nSPS) is 11.9. The number of thiazole rings is 1. The summed E-state index contributed by atoms with van der Waals surface area (Å²) in [6.07, 6.45) is 1.72. The molecule has 21 heavy (non-hydrogen) atoms. The Bertz CT molecular complexity index is 623. The Balaban J connectivity index is 2.01. The van der Waals surface area contributed by atoms with Gasteiger partial charge in [-0.3, -0.25) is 4.79 Å². The lowest BCUT2D eigenvalue weighted by Crippen LogP contribution is -2.23. The lowest BCUT2D eigenvalue weighted by atomic mass is 9.94. The molecule has 0 unspecified atom stereocenters. The largest absolute Gasteiger partial charge is 0.443 e. The van der Waals surface area contributed by atoms with Crippen LogP contribution in [-0.4, -0.2) is 15.9 Å². The van der Waals surface area contributed by atoms with Gasteiger partial charge in [0.1, 0.15) is 10.6 Å². The Morgan fingerprint density at radius 3 is 2.67 bits per heavy atom. The second-order valence-corrected chi connectivity index (χ2v) is 7.13. The molecule has 5 nitrogen and oxygen atoms in total. The van der Waals surface area contributed by atoms with Crippen LogP contribution in [0.25, 0.3) is 0 Å². The molecule has 0 aliphatic heterocycles. The van der Waals surface area contributed by atoms with Gasteiger partial charge in [0, 0.05) is 5.41 Å². The van der Waals surface area contributed by atoms with Gasteiger partial charge in [0.2, 0.25) is 5.89 Å². The minimum atomic E-state index is -0.128. The van der Waals surface area contributed by atoms with Gasteiger partial charge < -0.3 is 9.73 Å². The molecule has 0 atom stereocenters. The number of hydrogen-bond acceptors (Lipinski definition) is 5. The topological polar surface area (TPSA) is 68.0 Å². The number of nitrogens with one attached hydrogen (secondary N) is 1. The summed E-state index contributed by atoms with van der Waals surface area (Å²) >= 11 is 1.36. The van der Waals surface area contributed by atoms with E-state index in [1.165, 1.54) is 11.3 Å². The predicted octanol–water partition coefficient (Wildman–Crippen LogP) is 3.48. The van der Waals surface area contributed by atoms with Crippen LogP contribution in [0.1, 0.15) is 67.6 Å². The van der Waals surface area contributed by atoms with E-state index in [4.69, 9.17) is 4.42 Å². The SMILES string of the molecule is CC(C)c1ncsc1C(=O)NCc1ncc(C(C)(C)C)o1. The quantitative estimate of drug-likeness (QED) is 0.939. The van der Waals surface area contributed by atoms with Crippen molar-refractivity contribution in [1.29, 1.82) is 0 Å². The van der Waals surface area contributed by atoms with Crippen molar-refractivity contribution in [2.75, 3.05) is 0 Å². The molecule has 2 rings (SSSR count).